The molecule has 1 atom stereocenters. The van der Waals surface area contributed by atoms with Crippen LogP contribution in [-0.4, -0.2) is 125 Å². The maximum absolute atomic E-state index is 10.6. The standard InChI is InChI=1S/C17H25N3O2.3C2HF3O2/c1-2-6-19-7-9-21-15-17(13-19)14-20(8-10-22-17)12-16-4-3-5-18-11-16;3*3-2(4,5)1(6)7/h2-5,11H,1,6-10,12-15H2;3*(H,6,7). The molecule has 0 aromatic carbocycles. The second kappa shape index (κ2) is 17.6. The number of carboxylic acid groups (broad SMARTS) is 3. The molecular weight excluding hydrogens is 617 g/mol. The van der Waals surface area contributed by atoms with Crippen LogP contribution in [0.25, 0.3) is 0 Å². The fourth-order valence-electron chi connectivity index (χ4n) is 3.31. The molecule has 2 fully saturated rings. The Hall–Kier alpha value is -3.49. The topological polar surface area (TPSA) is 150 Å². The first kappa shape index (κ1) is 39.5. The molecule has 2 saturated heterocycles. The summed E-state index contributed by atoms with van der Waals surface area (Å²) in [5, 5.41) is 21.4. The average Bonchev–Trinajstić information content (AvgIpc) is 3.06. The predicted octanol–water partition coefficient (Wildman–Crippen LogP) is 3.07. The van der Waals surface area contributed by atoms with Crippen LogP contribution in [0.15, 0.2) is 37.2 Å². The molecule has 11 nitrogen and oxygen atoms in total. The first-order valence-corrected chi connectivity index (χ1v) is 11.7. The Labute approximate surface area is 238 Å². The van der Waals surface area contributed by atoms with Crippen LogP contribution in [-0.2, 0) is 30.4 Å². The Balaban J connectivity index is 0.000000690. The van der Waals surface area contributed by atoms with Gasteiger partial charge in [-0.25, -0.2) is 14.4 Å². The molecule has 0 saturated carbocycles. The number of aliphatic carboxylic acids is 3. The zero-order valence-corrected chi connectivity index (χ0v) is 22.1. The lowest BCUT2D eigenvalue weighted by atomic mass is 10.0. The molecule has 1 spiro atoms. The molecule has 0 bridgehead atoms. The first-order chi connectivity index (χ1) is 19.6. The molecule has 1 aromatic rings. The smallest absolute Gasteiger partial charge is 0.475 e. The largest absolute Gasteiger partial charge is 0.490 e. The molecule has 3 N–H and O–H groups in total. The van der Waals surface area contributed by atoms with Crippen molar-refractivity contribution in [3.05, 3.63) is 42.7 Å². The highest BCUT2D eigenvalue weighted by Crippen LogP contribution is 2.24. The van der Waals surface area contributed by atoms with Crippen LogP contribution in [0, 0.1) is 0 Å². The van der Waals surface area contributed by atoms with Crippen LogP contribution in [0.3, 0.4) is 0 Å². The summed E-state index contributed by atoms with van der Waals surface area (Å²) in [6.07, 6.45) is -9.54. The van der Waals surface area contributed by atoms with E-state index in [9.17, 15) is 39.5 Å². The normalized spacial score (nSPS) is 19.7. The molecule has 43 heavy (non-hydrogen) atoms. The number of morpholine rings is 1. The van der Waals surface area contributed by atoms with Crippen molar-refractivity contribution in [1.82, 2.24) is 14.8 Å². The molecule has 0 radical (unpaired) electrons. The third kappa shape index (κ3) is 17.3. The second-order valence-electron chi connectivity index (χ2n) is 8.59. The zero-order valence-electron chi connectivity index (χ0n) is 22.1. The van der Waals surface area contributed by atoms with Gasteiger partial charge >= 0.3 is 36.4 Å². The minimum atomic E-state index is -5.08. The number of ether oxygens (including phenoxy) is 2. The van der Waals surface area contributed by atoms with Gasteiger partial charge in [0.05, 0.1) is 19.8 Å². The van der Waals surface area contributed by atoms with E-state index in [2.05, 4.69) is 27.4 Å². The van der Waals surface area contributed by atoms with Crippen LogP contribution in [0.2, 0.25) is 0 Å². The van der Waals surface area contributed by atoms with Gasteiger partial charge in [0.2, 0.25) is 0 Å². The first-order valence-electron chi connectivity index (χ1n) is 11.7. The quantitative estimate of drug-likeness (QED) is 0.328. The molecule has 1 unspecified atom stereocenters. The van der Waals surface area contributed by atoms with Crippen LogP contribution in [0.5, 0.6) is 0 Å². The summed E-state index contributed by atoms with van der Waals surface area (Å²) < 4.78 is 107. The molecular formula is C23H28F9N3O8. The van der Waals surface area contributed by atoms with E-state index in [0.717, 1.165) is 52.5 Å². The van der Waals surface area contributed by atoms with Gasteiger partial charge in [0.1, 0.15) is 5.60 Å². The SMILES string of the molecule is C=CCN1CCOCC2(C1)CN(Cc1cccnc1)CCO2.O=C(O)C(F)(F)F.O=C(O)C(F)(F)F.O=C(O)C(F)(F)F. The summed E-state index contributed by atoms with van der Waals surface area (Å²) in [5.74, 6) is -8.27. The summed E-state index contributed by atoms with van der Waals surface area (Å²) in [4.78, 5) is 35.7. The van der Waals surface area contributed by atoms with Gasteiger partial charge in [-0.1, -0.05) is 12.1 Å². The van der Waals surface area contributed by atoms with E-state index in [-0.39, 0.29) is 5.60 Å². The van der Waals surface area contributed by atoms with Gasteiger partial charge in [-0.3, -0.25) is 14.8 Å². The highest BCUT2D eigenvalue weighted by Gasteiger charge is 2.41. The highest BCUT2D eigenvalue weighted by atomic mass is 19.4. The van der Waals surface area contributed by atoms with Crippen molar-refractivity contribution < 1.29 is 78.7 Å². The van der Waals surface area contributed by atoms with E-state index in [1.807, 2.05) is 24.5 Å². The minimum absolute atomic E-state index is 0.222. The third-order valence-corrected chi connectivity index (χ3v) is 5.00. The number of alkyl halides is 9. The number of aromatic nitrogens is 1. The predicted molar refractivity (Wildman–Crippen MR) is 127 cm³/mol. The Morgan fingerprint density at radius 3 is 1.77 bits per heavy atom. The van der Waals surface area contributed by atoms with Crippen LogP contribution in [0.4, 0.5) is 39.5 Å². The molecule has 2 aliphatic rings. The van der Waals surface area contributed by atoms with E-state index in [1.165, 1.54) is 5.56 Å². The number of nitrogens with zero attached hydrogens (tertiary/aromatic N) is 3. The summed E-state index contributed by atoms with van der Waals surface area (Å²) >= 11 is 0. The Kier molecular flexibility index (Phi) is 16.2. The Morgan fingerprint density at radius 1 is 0.884 bits per heavy atom. The lowest BCUT2D eigenvalue weighted by Gasteiger charge is -2.43. The van der Waals surface area contributed by atoms with E-state index >= 15 is 0 Å². The van der Waals surface area contributed by atoms with Crippen molar-refractivity contribution >= 4 is 17.9 Å². The molecule has 0 aliphatic carbocycles. The number of hydrogen-bond acceptors (Lipinski definition) is 8. The molecule has 1 aromatic heterocycles. The summed E-state index contributed by atoms with van der Waals surface area (Å²) in [5.41, 5.74) is 1.03. The van der Waals surface area contributed by atoms with Crippen molar-refractivity contribution in [2.24, 2.45) is 0 Å². The highest BCUT2D eigenvalue weighted by molar-refractivity contribution is 5.73. The van der Waals surface area contributed by atoms with Gasteiger partial charge in [-0.15, -0.1) is 6.58 Å². The van der Waals surface area contributed by atoms with Crippen LogP contribution in [0.1, 0.15) is 5.56 Å². The number of hydrogen-bond donors (Lipinski definition) is 3. The molecule has 3 heterocycles. The van der Waals surface area contributed by atoms with Gasteiger partial charge in [0.15, 0.2) is 0 Å². The van der Waals surface area contributed by atoms with E-state index in [4.69, 9.17) is 39.2 Å². The fourth-order valence-corrected chi connectivity index (χ4v) is 3.31. The monoisotopic (exact) mass is 645 g/mol. The molecule has 2 aliphatic heterocycles. The lowest BCUT2D eigenvalue weighted by Crippen LogP contribution is -2.58. The van der Waals surface area contributed by atoms with Crippen LogP contribution < -0.4 is 0 Å². The van der Waals surface area contributed by atoms with Gasteiger partial charge < -0.3 is 24.8 Å². The minimum Gasteiger partial charge on any atom is -0.475 e. The lowest BCUT2D eigenvalue weighted by molar-refractivity contribution is -0.193. The van der Waals surface area contributed by atoms with Gasteiger partial charge in [-0.05, 0) is 11.6 Å². The Bertz CT molecular complexity index is 967. The second-order valence-corrected chi connectivity index (χ2v) is 8.59. The van der Waals surface area contributed by atoms with Crippen molar-refractivity contribution in [2.75, 3.05) is 52.5 Å². The summed E-state index contributed by atoms with van der Waals surface area (Å²) in [6.45, 7) is 11.5. The van der Waals surface area contributed by atoms with Gasteiger partial charge in [-0.2, -0.15) is 39.5 Å². The zero-order chi connectivity index (χ0) is 33.5. The maximum atomic E-state index is 10.6. The number of carboxylic acids is 3. The number of rotatable bonds is 4. The summed E-state index contributed by atoms with van der Waals surface area (Å²) in [7, 11) is 0. The van der Waals surface area contributed by atoms with Crippen molar-refractivity contribution in [3.63, 3.8) is 0 Å². The Morgan fingerprint density at radius 2 is 1.35 bits per heavy atom. The van der Waals surface area contributed by atoms with Crippen molar-refractivity contribution in [1.29, 1.82) is 0 Å². The summed E-state index contributed by atoms with van der Waals surface area (Å²) in [6, 6.07) is 4.12. The van der Waals surface area contributed by atoms with E-state index < -0.39 is 36.4 Å². The van der Waals surface area contributed by atoms with Crippen molar-refractivity contribution in [3.8, 4) is 0 Å². The number of pyridine rings is 1. The van der Waals surface area contributed by atoms with Crippen molar-refractivity contribution in [2.45, 2.75) is 30.7 Å². The van der Waals surface area contributed by atoms with E-state index in [0.29, 0.717) is 6.61 Å². The third-order valence-electron chi connectivity index (χ3n) is 5.00. The van der Waals surface area contributed by atoms with Gasteiger partial charge in [0.25, 0.3) is 0 Å². The molecule has 246 valence electrons. The molecule has 0 amide bonds. The average molecular weight is 645 g/mol. The molecule has 20 heteroatoms. The van der Waals surface area contributed by atoms with Crippen LogP contribution >= 0.6 is 0 Å². The molecule has 3 rings (SSSR count). The number of halogens is 9. The van der Waals surface area contributed by atoms with Gasteiger partial charge in [0, 0.05) is 51.7 Å². The maximum Gasteiger partial charge on any atom is 0.490 e. The van der Waals surface area contributed by atoms with E-state index in [1.54, 1.807) is 0 Å². The number of carbonyl (C=O) groups is 3. The fraction of sp³-hybridized carbons (Fsp3) is 0.565.